The van der Waals surface area contributed by atoms with E-state index >= 15 is 0 Å². The molecule has 4 N–H and O–H groups in total. The molecule has 5 rings (SSSR count). The number of urea groups is 1. The van der Waals surface area contributed by atoms with Gasteiger partial charge in [0.1, 0.15) is 5.56 Å². The number of fused-ring (bicyclic) bond motifs is 4. The highest BCUT2D eigenvalue weighted by atomic mass is 32.1. The fraction of sp³-hybridized carbons (Fsp3) is 0.364. The first kappa shape index (κ1) is 22.9. The average molecular weight is 498 g/mol. The Morgan fingerprint density at radius 1 is 1.14 bits per heavy atom. The third kappa shape index (κ3) is 3.54. The zero-order valence-corrected chi connectivity index (χ0v) is 19.8. The van der Waals surface area contributed by atoms with Crippen molar-refractivity contribution >= 4 is 47.7 Å². The highest BCUT2D eigenvalue weighted by molar-refractivity contribution is 7.71. The van der Waals surface area contributed by atoms with E-state index in [1.165, 1.54) is 17.8 Å². The number of carbonyl (C=O) groups excluding carboxylic acids is 3. The Kier molecular flexibility index (Phi) is 5.33. The van der Waals surface area contributed by atoms with Crippen LogP contribution in [0.3, 0.4) is 0 Å². The molecule has 1 atom stereocenters. The molecule has 2 aromatic rings. The Morgan fingerprint density at radius 3 is 2.57 bits per heavy atom. The number of hydrogen-bond donors (Lipinski definition) is 4. The molecule has 3 aliphatic heterocycles. The number of piperazine rings is 1. The second-order valence-electron chi connectivity index (χ2n) is 8.98. The predicted molar refractivity (Wildman–Crippen MR) is 129 cm³/mol. The largest absolute Gasteiger partial charge is 0.494 e. The van der Waals surface area contributed by atoms with Crippen LogP contribution in [0.4, 0.5) is 16.2 Å². The molecule has 12 nitrogen and oxygen atoms in total. The first-order chi connectivity index (χ1) is 16.6. The number of barbiturate groups is 1. The third-order valence-electron chi connectivity index (χ3n) is 6.93. The van der Waals surface area contributed by atoms with E-state index in [4.69, 9.17) is 12.2 Å². The van der Waals surface area contributed by atoms with Crippen LogP contribution in [0.1, 0.15) is 11.1 Å². The Balaban J connectivity index is 1.57. The lowest BCUT2D eigenvalue weighted by Gasteiger charge is -2.53. The number of aromatic amines is 1. The molecule has 1 spiro atoms. The third-order valence-corrected chi connectivity index (χ3v) is 7.31. The van der Waals surface area contributed by atoms with Gasteiger partial charge in [0, 0.05) is 38.6 Å². The number of rotatable bonds is 2. The molecule has 0 aliphatic carbocycles. The molecular weight excluding hydrogens is 474 g/mol. The van der Waals surface area contributed by atoms with Crippen molar-refractivity contribution in [1.82, 2.24) is 25.1 Å². The number of aromatic hydroxyl groups is 1. The Bertz CT molecular complexity index is 1410. The number of H-pyrrole nitrogens is 1. The number of benzene rings is 1. The lowest BCUT2D eigenvalue weighted by Crippen LogP contribution is -2.74. The molecule has 0 unspecified atom stereocenters. The molecule has 1 aromatic carbocycles. The summed E-state index contributed by atoms with van der Waals surface area (Å²) in [6.45, 7) is 1.82. The standard InChI is InChI=1S/C22H23N7O5S/c1-27-5-6-29-14-4-3-12(23-9-13-16(30)24-21(35)28(2)17(13)31)7-11(14)8-22(15(29)10-27)18(32)25-20(34)26-19(22)33/h3-4,7,9,15,31H,5-6,8,10H2,1-2H3,(H,24,30,35)(H2,25,26,32,33,34)/t15-/m0/s1. The maximum Gasteiger partial charge on any atom is 0.328 e. The van der Waals surface area contributed by atoms with Crippen LogP contribution in [0.25, 0.3) is 0 Å². The molecule has 4 heterocycles. The van der Waals surface area contributed by atoms with Gasteiger partial charge >= 0.3 is 6.03 Å². The van der Waals surface area contributed by atoms with E-state index in [1.54, 1.807) is 12.1 Å². The van der Waals surface area contributed by atoms with Gasteiger partial charge in [-0.15, -0.1) is 0 Å². The zero-order valence-electron chi connectivity index (χ0n) is 19.0. The second kappa shape index (κ2) is 8.13. The molecule has 0 saturated carbocycles. The Morgan fingerprint density at radius 2 is 1.86 bits per heavy atom. The fourth-order valence-corrected chi connectivity index (χ4v) is 5.21. The Hall–Kier alpha value is -3.84. The van der Waals surface area contributed by atoms with Crippen LogP contribution < -0.4 is 21.1 Å². The number of carbonyl (C=O) groups is 3. The van der Waals surface area contributed by atoms with Crippen molar-refractivity contribution in [3.63, 3.8) is 0 Å². The van der Waals surface area contributed by atoms with Gasteiger partial charge in [0.05, 0.1) is 11.7 Å². The summed E-state index contributed by atoms with van der Waals surface area (Å²) in [5.74, 6) is -1.56. The maximum atomic E-state index is 13.1. The highest BCUT2D eigenvalue weighted by Crippen LogP contribution is 2.45. The van der Waals surface area contributed by atoms with Gasteiger partial charge in [0.15, 0.2) is 10.2 Å². The first-order valence-corrected chi connectivity index (χ1v) is 11.3. The van der Waals surface area contributed by atoms with Crippen LogP contribution in [0, 0.1) is 10.2 Å². The number of amides is 4. The molecular formula is C22H23N7O5S. The van der Waals surface area contributed by atoms with Crippen LogP contribution in [0.2, 0.25) is 0 Å². The molecule has 13 heteroatoms. The summed E-state index contributed by atoms with van der Waals surface area (Å²) in [6.07, 6.45) is 1.32. The molecule has 3 aliphatic rings. The van der Waals surface area contributed by atoms with Gasteiger partial charge in [0.2, 0.25) is 17.7 Å². The van der Waals surface area contributed by atoms with Gasteiger partial charge in [-0.3, -0.25) is 39.6 Å². The topological polar surface area (TPSA) is 152 Å². The number of aliphatic imine (C=N–C) groups is 1. The number of nitrogens with zero attached hydrogens (tertiary/aromatic N) is 4. The van der Waals surface area contributed by atoms with Gasteiger partial charge in [0.25, 0.3) is 5.56 Å². The van der Waals surface area contributed by atoms with Crippen LogP contribution in [0.15, 0.2) is 28.0 Å². The minimum absolute atomic E-state index is 0.0565. The summed E-state index contributed by atoms with van der Waals surface area (Å²) >= 11 is 4.98. The maximum absolute atomic E-state index is 13.1. The molecule has 0 bridgehead atoms. The monoisotopic (exact) mass is 497 g/mol. The zero-order chi connectivity index (χ0) is 25.1. The van der Waals surface area contributed by atoms with Crippen molar-refractivity contribution in [2.75, 3.05) is 31.6 Å². The molecule has 182 valence electrons. The van der Waals surface area contributed by atoms with Gasteiger partial charge in [-0.2, -0.15) is 0 Å². The van der Waals surface area contributed by atoms with Gasteiger partial charge in [-0.05, 0) is 49.4 Å². The number of nitrogens with one attached hydrogen (secondary N) is 3. The first-order valence-electron chi connectivity index (χ1n) is 10.9. The number of likely N-dealkylation sites (N-methyl/N-ethyl adjacent to an activating group) is 1. The van der Waals surface area contributed by atoms with Gasteiger partial charge in [-0.1, -0.05) is 0 Å². The summed E-state index contributed by atoms with van der Waals surface area (Å²) in [5, 5.41) is 14.8. The minimum Gasteiger partial charge on any atom is -0.494 e. The van der Waals surface area contributed by atoms with Gasteiger partial charge in [-0.25, -0.2) is 4.79 Å². The van der Waals surface area contributed by atoms with Crippen LogP contribution in [0.5, 0.6) is 5.88 Å². The van der Waals surface area contributed by atoms with Crippen molar-refractivity contribution in [1.29, 1.82) is 0 Å². The lowest BCUT2D eigenvalue weighted by atomic mass is 9.68. The van der Waals surface area contributed by atoms with Crippen molar-refractivity contribution in [2.24, 2.45) is 17.5 Å². The Labute approximate surface area is 204 Å². The van der Waals surface area contributed by atoms with Crippen molar-refractivity contribution in [3.8, 4) is 5.88 Å². The molecule has 4 amide bonds. The summed E-state index contributed by atoms with van der Waals surface area (Å²) in [6, 6.07) is 4.09. The van der Waals surface area contributed by atoms with E-state index in [-0.39, 0.29) is 22.6 Å². The smallest absolute Gasteiger partial charge is 0.328 e. The van der Waals surface area contributed by atoms with Crippen molar-refractivity contribution in [3.05, 3.63) is 44.5 Å². The van der Waals surface area contributed by atoms with Gasteiger partial charge < -0.3 is 14.9 Å². The van der Waals surface area contributed by atoms with E-state index in [9.17, 15) is 24.3 Å². The number of anilines is 1. The fourth-order valence-electron chi connectivity index (χ4n) is 5.03. The summed E-state index contributed by atoms with van der Waals surface area (Å²) in [7, 11) is 3.44. The molecule has 0 radical (unpaired) electrons. The van der Waals surface area contributed by atoms with Crippen molar-refractivity contribution in [2.45, 2.75) is 12.5 Å². The summed E-state index contributed by atoms with van der Waals surface area (Å²) in [5.41, 5.74) is -0.0633. The molecule has 2 fully saturated rings. The van der Waals surface area contributed by atoms with E-state index < -0.39 is 34.9 Å². The van der Waals surface area contributed by atoms with Crippen molar-refractivity contribution < 1.29 is 19.5 Å². The normalized spacial score (nSPS) is 21.6. The van der Waals surface area contributed by atoms with E-state index in [0.29, 0.717) is 24.3 Å². The van der Waals surface area contributed by atoms with Crippen LogP contribution >= 0.6 is 12.2 Å². The van der Waals surface area contributed by atoms with E-state index in [1.807, 2.05) is 18.0 Å². The number of aromatic nitrogens is 2. The molecule has 1 aromatic heterocycles. The lowest BCUT2D eigenvalue weighted by molar-refractivity contribution is -0.147. The SMILES string of the molecule is CN1CCN2c3ccc(N=Cc4c(O)n(C)c(=S)[nH]c4=O)cc3CC3(C(=O)NC(=O)NC3=O)[C@@H]2C1. The minimum atomic E-state index is -1.49. The van der Waals surface area contributed by atoms with E-state index in [2.05, 4.69) is 25.5 Å². The van der Waals surface area contributed by atoms with Crippen LogP contribution in [-0.4, -0.2) is 76.3 Å². The average Bonchev–Trinajstić information content (AvgIpc) is 2.80. The summed E-state index contributed by atoms with van der Waals surface area (Å²) < 4.78 is 1.33. The predicted octanol–water partition coefficient (Wildman–Crippen LogP) is -0.0720. The number of imide groups is 2. The van der Waals surface area contributed by atoms with E-state index in [0.717, 1.165) is 12.2 Å². The molecule has 2 saturated heterocycles. The van der Waals surface area contributed by atoms with Crippen LogP contribution in [-0.2, 0) is 23.1 Å². The molecule has 35 heavy (non-hydrogen) atoms. The number of hydrogen-bond acceptors (Lipinski definition) is 9. The highest BCUT2D eigenvalue weighted by Gasteiger charge is 2.60. The quantitative estimate of drug-likeness (QED) is 0.256. The second-order valence-corrected chi connectivity index (χ2v) is 9.37. The summed E-state index contributed by atoms with van der Waals surface area (Å²) in [4.78, 5) is 61.2.